The minimum absolute atomic E-state index is 0.0785. The molecule has 2 saturated heterocycles. The molecule has 0 aromatic carbocycles. The summed E-state index contributed by atoms with van der Waals surface area (Å²) in [5, 5.41) is 13.5. The summed E-state index contributed by atoms with van der Waals surface area (Å²) in [6.45, 7) is 5.45. The first-order valence-corrected chi connectivity index (χ1v) is 8.83. The number of morpholine rings is 1. The van der Waals surface area contributed by atoms with E-state index in [2.05, 4.69) is 10.3 Å². The van der Waals surface area contributed by atoms with Gasteiger partial charge in [0.25, 0.3) is 0 Å². The Kier molecular flexibility index (Phi) is 6.58. The quantitative estimate of drug-likeness (QED) is 0.790. The van der Waals surface area contributed by atoms with E-state index in [1.54, 1.807) is 11.3 Å². The number of thiazole rings is 1. The average molecular weight is 395 g/mol. The topological polar surface area (TPSA) is 91.8 Å². The third-order valence-corrected chi connectivity index (χ3v) is 4.93. The zero-order valence-corrected chi connectivity index (χ0v) is 15.0. The first-order chi connectivity index (χ1) is 12.1. The number of nitrogens with zero attached hydrogens (tertiary/aromatic N) is 2. The van der Waals surface area contributed by atoms with Gasteiger partial charge in [0.2, 0.25) is 5.91 Å². The number of aromatic nitrogens is 1. The van der Waals surface area contributed by atoms with E-state index in [1.807, 2.05) is 17.2 Å². The summed E-state index contributed by atoms with van der Waals surface area (Å²) in [4.78, 5) is 27.2. The monoisotopic (exact) mass is 395 g/mol. The number of carboxylic acids is 1. The van der Waals surface area contributed by atoms with Crippen LogP contribution in [0.25, 0.3) is 0 Å². The number of carbonyl (C=O) groups is 2. The first kappa shape index (κ1) is 20.6. The molecule has 0 unspecified atom stereocenters. The van der Waals surface area contributed by atoms with Gasteiger partial charge in [0.15, 0.2) is 0 Å². The lowest BCUT2D eigenvalue weighted by Gasteiger charge is -2.44. The highest BCUT2D eigenvalue weighted by molar-refractivity contribution is 7.09. The van der Waals surface area contributed by atoms with E-state index >= 15 is 0 Å². The Morgan fingerprint density at radius 2 is 2.08 bits per heavy atom. The zero-order chi connectivity index (χ0) is 19.4. The molecule has 0 radical (unpaired) electrons. The number of aliphatic carboxylic acids is 1. The van der Waals surface area contributed by atoms with Gasteiger partial charge < -0.3 is 20.1 Å². The summed E-state index contributed by atoms with van der Waals surface area (Å²) in [5.41, 5.74) is 0.853. The van der Waals surface area contributed by atoms with E-state index in [4.69, 9.17) is 14.6 Å². The summed E-state index contributed by atoms with van der Waals surface area (Å²) in [5.74, 6) is -2.68. The number of aryl methyl sites for hydroxylation is 1. The molecule has 146 valence electrons. The van der Waals surface area contributed by atoms with E-state index in [0.29, 0.717) is 13.1 Å². The second-order valence-electron chi connectivity index (χ2n) is 6.13. The maximum Gasteiger partial charge on any atom is 0.490 e. The Labute approximate surface area is 152 Å². The van der Waals surface area contributed by atoms with Gasteiger partial charge in [-0.2, -0.15) is 13.2 Å². The number of halogens is 3. The molecule has 3 rings (SSSR count). The minimum atomic E-state index is -5.08. The van der Waals surface area contributed by atoms with Crippen molar-refractivity contribution in [2.24, 2.45) is 0 Å². The molecule has 26 heavy (non-hydrogen) atoms. The fraction of sp³-hybridized carbons (Fsp3) is 0.667. The van der Waals surface area contributed by atoms with Crippen molar-refractivity contribution in [3.8, 4) is 0 Å². The lowest BCUT2D eigenvalue weighted by Crippen LogP contribution is -2.57. The summed E-state index contributed by atoms with van der Waals surface area (Å²) in [7, 11) is 0. The number of nitrogens with one attached hydrogen (secondary N) is 1. The predicted octanol–water partition coefficient (Wildman–Crippen LogP) is 1.57. The second-order valence-corrected chi connectivity index (χ2v) is 7.19. The molecule has 1 aromatic rings. The molecule has 1 amide bonds. The third kappa shape index (κ3) is 5.64. The van der Waals surface area contributed by atoms with E-state index in [-0.39, 0.29) is 18.1 Å². The van der Waals surface area contributed by atoms with Crippen molar-refractivity contribution in [1.29, 1.82) is 0 Å². The highest BCUT2D eigenvalue weighted by Gasteiger charge is 2.40. The maximum atomic E-state index is 12.0. The third-order valence-electron chi connectivity index (χ3n) is 4.11. The molecule has 2 N–H and O–H groups in total. The SMILES string of the molecule is Cc1nc(CN2CC3(CCNCC3)OCC2=O)cs1.O=C(O)C(F)(F)F. The molecule has 7 nitrogen and oxygen atoms in total. The summed E-state index contributed by atoms with van der Waals surface area (Å²) in [6, 6.07) is 0. The van der Waals surface area contributed by atoms with Crippen LogP contribution in [0.15, 0.2) is 5.38 Å². The van der Waals surface area contributed by atoms with Gasteiger partial charge in [-0.25, -0.2) is 9.78 Å². The van der Waals surface area contributed by atoms with Crippen molar-refractivity contribution in [2.45, 2.75) is 38.1 Å². The Bertz CT molecular complexity index is 644. The Morgan fingerprint density at radius 1 is 1.46 bits per heavy atom. The number of hydrogen-bond acceptors (Lipinski definition) is 6. The number of carbonyl (C=O) groups excluding carboxylic acids is 1. The van der Waals surface area contributed by atoms with Gasteiger partial charge in [-0.1, -0.05) is 0 Å². The number of carboxylic acid groups (broad SMARTS) is 1. The largest absolute Gasteiger partial charge is 0.490 e. The molecule has 1 spiro atoms. The molecule has 2 aliphatic heterocycles. The summed E-state index contributed by atoms with van der Waals surface area (Å²) < 4.78 is 37.6. The van der Waals surface area contributed by atoms with Crippen molar-refractivity contribution in [1.82, 2.24) is 15.2 Å². The van der Waals surface area contributed by atoms with E-state index in [1.165, 1.54) is 0 Å². The van der Waals surface area contributed by atoms with Crippen molar-refractivity contribution in [2.75, 3.05) is 26.2 Å². The molecule has 1 aromatic heterocycles. The van der Waals surface area contributed by atoms with Crippen molar-refractivity contribution < 1.29 is 32.6 Å². The molecule has 3 heterocycles. The number of rotatable bonds is 2. The van der Waals surface area contributed by atoms with Gasteiger partial charge >= 0.3 is 12.1 Å². The number of piperidine rings is 1. The number of ether oxygens (including phenoxy) is 1. The fourth-order valence-corrected chi connectivity index (χ4v) is 3.40. The van der Waals surface area contributed by atoms with Crippen molar-refractivity contribution in [3.63, 3.8) is 0 Å². The van der Waals surface area contributed by atoms with Crippen LogP contribution in [0.4, 0.5) is 13.2 Å². The Morgan fingerprint density at radius 3 is 2.58 bits per heavy atom. The van der Waals surface area contributed by atoms with Gasteiger partial charge in [-0.3, -0.25) is 4.79 Å². The molecule has 0 aliphatic carbocycles. The number of hydrogen-bond donors (Lipinski definition) is 2. The van der Waals surface area contributed by atoms with Crippen LogP contribution in [0, 0.1) is 6.92 Å². The van der Waals surface area contributed by atoms with Gasteiger partial charge in [0, 0.05) is 5.38 Å². The minimum Gasteiger partial charge on any atom is -0.475 e. The number of amides is 1. The highest BCUT2D eigenvalue weighted by Crippen LogP contribution is 2.28. The summed E-state index contributed by atoms with van der Waals surface area (Å²) in [6.07, 6.45) is -3.13. The van der Waals surface area contributed by atoms with E-state index in [0.717, 1.165) is 36.6 Å². The van der Waals surface area contributed by atoms with Crippen LogP contribution in [0.2, 0.25) is 0 Å². The van der Waals surface area contributed by atoms with Crippen LogP contribution in [0.5, 0.6) is 0 Å². The van der Waals surface area contributed by atoms with Gasteiger partial charge in [0.05, 0.1) is 29.4 Å². The van der Waals surface area contributed by atoms with E-state index < -0.39 is 12.1 Å². The molecule has 11 heteroatoms. The average Bonchev–Trinajstić information content (AvgIpc) is 2.97. The Hall–Kier alpha value is -1.72. The molecule has 0 atom stereocenters. The standard InChI is InChI=1S/C13H19N3O2S.C2HF3O2/c1-10-15-11(8-19-10)6-16-9-13(18-7-12(16)17)2-4-14-5-3-13;3-2(4,5)1(6)7/h8,14H,2-7,9H2,1H3;(H,6,7). The molecular formula is C15H20F3N3O4S. The molecule has 0 bridgehead atoms. The Balaban J connectivity index is 0.000000298. The number of alkyl halides is 3. The predicted molar refractivity (Wildman–Crippen MR) is 86.7 cm³/mol. The molecule has 2 aliphatic rings. The molecule has 2 fully saturated rings. The van der Waals surface area contributed by atoms with Crippen LogP contribution < -0.4 is 5.32 Å². The van der Waals surface area contributed by atoms with Crippen LogP contribution >= 0.6 is 11.3 Å². The molecular weight excluding hydrogens is 375 g/mol. The fourth-order valence-electron chi connectivity index (χ4n) is 2.79. The lowest BCUT2D eigenvalue weighted by molar-refractivity contribution is -0.192. The highest BCUT2D eigenvalue weighted by atomic mass is 32.1. The van der Waals surface area contributed by atoms with Crippen molar-refractivity contribution >= 4 is 23.2 Å². The van der Waals surface area contributed by atoms with Crippen LogP contribution in [0.1, 0.15) is 23.5 Å². The van der Waals surface area contributed by atoms with Gasteiger partial charge in [0.1, 0.15) is 6.61 Å². The maximum absolute atomic E-state index is 12.0. The van der Waals surface area contributed by atoms with Crippen LogP contribution in [-0.4, -0.2) is 64.9 Å². The first-order valence-electron chi connectivity index (χ1n) is 7.95. The van der Waals surface area contributed by atoms with Crippen molar-refractivity contribution in [3.05, 3.63) is 16.1 Å². The van der Waals surface area contributed by atoms with Crippen LogP contribution in [-0.2, 0) is 20.9 Å². The summed E-state index contributed by atoms with van der Waals surface area (Å²) >= 11 is 1.63. The zero-order valence-electron chi connectivity index (χ0n) is 14.1. The van der Waals surface area contributed by atoms with Gasteiger partial charge in [-0.15, -0.1) is 11.3 Å². The van der Waals surface area contributed by atoms with E-state index in [9.17, 15) is 18.0 Å². The molecule has 0 saturated carbocycles. The van der Waals surface area contributed by atoms with Gasteiger partial charge in [-0.05, 0) is 32.9 Å². The van der Waals surface area contributed by atoms with Crippen LogP contribution in [0.3, 0.4) is 0 Å². The second kappa shape index (κ2) is 8.31. The lowest BCUT2D eigenvalue weighted by atomic mass is 9.90. The normalized spacial score (nSPS) is 19.8. The smallest absolute Gasteiger partial charge is 0.475 e.